The summed E-state index contributed by atoms with van der Waals surface area (Å²) in [6.07, 6.45) is 0. The van der Waals surface area contributed by atoms with Crippen molar-refractivity contribution in [2.45, 2.75) is 13.8 Å². The van der Waals surface area contributed by atoms with E-state index in [1.807, 2.05) is 32.0 Å². The fourth-order valence-corrected chi connectivity index (χ4v) is 1.37. The van der Waals surface area contributed by atoms with Gasteiger partial charge in [0.2, 0.25) is 0 Å². The van der Waals surface area contributed by atoms with Gasteiger partial charge in [-0.05, 0) is 18.2 Å². The van der Waals surface area contributed by atoms with E-state index in [4.69, 9.17) is 5.73 Å². The number of benzene rings is 1. The van der Waals surface area contributed by atoms with Gasteiger partial charge >= 0.3 is 0 Å². The third-order valence-electron chi connectivity index (χ3n) is 1.55. The molecule has 70 valence electrons. The standard InChI is InChI=1S/C7H6BrN3.C2H6/c8-4-1-2-5-6(3-4)10-11-7(5)9;1-2/h1-3H,(H3,9,10,11);1-2H3. The smallest absolute Gasteiger partial charge is 0.153 e. The molecule has 1 aromatic carbocycles. The van der Waals surface area contributed by atoms with E-state index in [1.165, 1.54) is 0 Å². The molecular weight excluding hydrogens is 230 g/mol. The molecule has 2 aromatic rings. The molecule has 0 aliphatic heterocycles. The molecule has 0 saturated carbocycles. The van der Waals surface area contributed by atoms with Crippen LogP contribution in [0.25, 0.3) is 10.9 Å². The summed E-state index contributed by atoms with van der Waals surface area (Å²) in [6, 6.07) is 5.81. The maximum atomic E-state index is 5.57. The van der Waals surface area contributed by atoms with Crippen LogP contribution in [-0.2, 0) is 0 Å². The van der Waals surface area contributed by atoms with Crippen molar-refractivity contribution >= 4 is 32.7 Å². The average molecular weight is 242 g/mol. The summed E-state index contributed by atoms with van der Waals surface area (Å²) >= 11 is 3.35. The summed E-state index contributed by atoms with van der Waals surface area (Å²) < 4.78 is 1.02. The molecule has 13 heavy (non-hydrogen) atoms. The molecule has 1 aromatic heterocycles. The van der Waals surface area contributed by atoms with Crippen molar-refractivity contribution < 1.29 is 0 Å². The second-order valence-electron chi connectivity index (χ2n) is 2.30. The minimum absolute atomic E-state index is 0.549. The number of nitrogen functional groups attached to an aromatic ring is 1. The minimum Gasteiger partial charge on any atom is -0.382 e. The maximum Gasteiger partial charge on any atom is 0.153 e. The number of nitrogens with one attached hydrogen (secondary N) is 1. The summed E-state index contributed by atoms with van der Waals surface area (Å²) in [5.41, 5.74) is 6.52. The summed E-state index contributed by atoms with van der Waals surface area (Å²) in [4.78, 5) is 0. The van der Waals surface area contributed by atoms with Gasteiger partial charge in [-0.3, -0.25) is 5.10 Å². The second-order valence-corrected chi connectivity index (χ2v) is 3.21. The van der Waals surface area contributed by atoms with E-state index < -0.39 is 0 Å². The van der Waals surface area contributed by atoms with Crippen LogP contribution in [0.3, 0.4) is 0 Å². The number of nitrogens with two attached hydrogens (primary N) is 1. The molecule has 0 radical (unpaired) electrons. The molecule has 0 unspecified atom stereocenters. The zero-order valence-corrected chi connectivity index (χ0v) is 9.22. The van der Waals surface area contributed by atoms with Crippen LogP contribution >= 0.6 is 15.9 Å². The van der Waals surface area contributed by atoms with Gasteiger partial charge in [-0.25, -0.2) is 0 Å². The lowest BCUT2D eigenvalue weighted by molar-refractivity contribution is 1.13. The molecule has 0 spiro atoms. The van der Waals surface area contributed by atoms with Gasteiger partial charge in [0, 0.05) is 9.86 Å². The predicted octanol–water partition coefficient (Wildman–Crippen LogP) is 2.93. The number of nitrogens with zero attached hydrogens (tertiary/aromatic N) is 1. The topological polar surface area (TPSA) is 54.7 Å². The molecule has 0 atom stereocenters. The van der Waals surface area contributed by atoms with E-state index >= 15 is 0 Å². The van der Waals surface area contributed by atoms with Gasteiger partial charge in [-0.15, -0.1) is 0 Å². The summed E-state index contributed by atoms with van der Waals surface area (Å²) in [5.74, 6) is 0.549. The molecule has 0 fully saturated rings. The number of H-pyrrole nitrogens is 1. The first-order chi connectivity index (χ1) is 6.27. The lowest BCUT2D eigenvalue weighted by atomic mass is 10.2. The first-order valence-electron chi connectivity index (χ1n) is 4.16. The van der Waals surface area contributed by atoms with Crippen molar-refractivity contribution in [2.24, 2.45) is 0 Å². The number of hydrogen-bond acceptors (Lipinski definition) is 2. The van der Waals surface area contributed by atoms with Gasteiger partial charge in [0.25, 0.3) is 0 Å². The number of aromatic nitrogens is 2. The lowest BCUT2D eigenvalue weighted by Gasteiger charge is -1.89. The van der Waals surface area contributed by atoms with Gasteiger partial charge in [-0.2, -0.15) is 5.10 Å². The Morgan fingerprint density at radius 1 is 1.38 bits per heavy atom. The molecule has 0 aliphatic rings. The largest absolute Gasteiger partial charge is 0.382 e. The van der Waals surface area contributed by atoms with Crippen LogP contribution in [0.4, 0.5) is 5.82 Å². The number of fused-ring (bicyclic) bond motifs is 1. The molecule has 0 bridgehead atoms. The van der Waals surface area contributed by atoms with Gasteiger partial charge < -0.3 is 5.73 Å². The molecule has 3 nitrogen and oxygen atoms in total. The van der Waals surface area contributed by atoms with E-state index in [9.17, 15) is 0 Å². The van der Waals surface area contributed by atoms with Crippen LogP contribution in [0.5, 0.6) is 0 Å². The Morgan fingerprint density at radius 3 is 2.77 bits per heavy atom. The third-order valence-corrected chi connectivity index (χ3v) is 2.05. The van der Waals surface area contributed by atoms with Crippen LogP contribution in [0.15, 0.2) is 22.7 Å². The van der Waals surface area contributed by atoms with Crippen LogP contribution in [0, 0.1) is 0 Å². The normalized spacial score (nSPS) is 9.46. The van der Waals surface area contributed by atoms with Crippen molar-refractivity contribution in [3.63, 3.8) is 0 Å². The van der Waals surface area contributed by atoms with Crippen LogP contribution in [-0.4, -0.2) is 10.2 Å². The van der Waals surface area contributed by atoms with E-state index in [-0.39, 0.29) is 0 Å². The Kier molecular flexibility index (Phi) is 3.31. The molecular formula is C9H12BrN3. The van der Waals surface area contributed by atoms with E-state index in [0.29, 0.717) is 5.82 Å². The van der Waals surface area contributed by atoms with Crippen molar-refractivity contribution in [1.82, 2.24) is 10.2 Å². The quantitative estimate of drug-likeness (QED) is 0.746. The van der Waals surface area contributed by atoms with Gasteiger partial charge in [0.15, 0.2) is 5.82 Å². The number of halogens is 1. The average Bonchev–Trinajstić information content (AvgIpc) is 2.51. The fraction of sp³-hybridized carbons (Fsp3) is 0.222. The summed E-state index contributed by atoms with van der Waals surface area (Å²) in [7, 11) is 0. The Labute approximate surface area is 85.5 Å². The molecule has 0 aliphatic carbocycles. The summed E-state index contributed by atoms with van der Waals surface area (Å²) in [6.45, 7) is 4.00. The SMILES string of the molecule is CC.Nc1n[nH]c2cc(Br)ccc12. The molecule has 2 rings (SSSR count). The van der Waals surface area contributed by atoms with Crippen LogP contribution < -0.4 is 5.73 Å². The van der Waals surface area contributed by atoms with Gasteiger partial charge in [-0.1, -0.05) is 29.8 Å². The first kappa shape index (κ1) is 10.1. The summed E-state index contributed by atoms with van der Waals surface area (Å²) in [5, 5.41) is 7.66. The highest BCUT2D eigenvalue weighted by Crippen LogP contribution is 2.21. The number of anilines is 1. The lowest BCUT2D eigenvalue weighted by Crippen LogP contribution is -1.83. The second kappa shape index (κ2) is 4.28. The van der Waals surface area contributed by atoms with Crippen molar-refractivity contribution in [3.8, 4) is 0 Å². The number of rotatable bonds is 0. The van der Waals surface area contributed by atoms with E-state index in [0.717, 1.165) is 15.4 Å². The zero-order chi connectivity index (χ0) is 9.84. The number of hydrogen-bond donors (Lipinski definition) is 2. The molecule has 0 amide bonds. The Bertz CT molecular complexity index is 395. The van der Waals surface area contributed by atoms with Crippen LogP contribution in [0.2, 0.25) is 0 Å². The molecule has 1 heterocycles. The highest BCUT2D eigenvalue weighted by molar-refractivity contribution is 9.10. The Balaban J connectivity index is 0.000000396. The third kappa shape index (κ3) is 2.01. The van der Waals surface area contributed by atoms with E-state index in [1.54, 1.807) is 0 Å². The highest BCUT2D eigenvalue weighted by Gasteiger charge is 2.00. The molecule has 3 N–H and O–H groups in total. The minimum atomic E-state index is 0.549. The number of aromatic amines is 1. The Hall–Kier alpha value is -1.03. The predicted molar refractivity (Wildman–Crippen MR) is 59.6 cm³/mol. The van der Waals surface area contributed by atoms with Crippen molar-refractivity contribution in [2.75, 3.05) is 5.73 Å². The fourth-order valence-electron chi connectivity index (χ4n) is 1.01. The zero-order valence-electron chi connectivity index (χ0n) is 7.63. The van der Waals surface area contributed by atoms with Crippen molar-refractivity contribution in [1.29, 1.82) is 0 Å². The molecule has 4 heteroatoms. The van der Waals surface area contributed by atoms with Gasteiger partial charge in [0.1, 0.15) is 0 Å². The van der Waals surface area contributed by atoms with Crippen LogP contribution in [0.1, 0.15) is 13.8 Å². The van der Waals surface area contributed by atoms with E-state index in [2.05, 4.69) is 26.1 Å². The molecule has 0 saturated heterocycles. The maximum absolute atomic E-state index is 5.57. The van der Waals surface area contributed by atoms with Gasteiger partial charge in [0.05, 0.1) is 5.52 Å². The Morgan fingerprint density at radius 2 is 2.08 bits per heavy atom. The first-order valence-corrected chi connectivity index (χ1v) is 4.96. The monoisotopic (exact) mass is 241 g/mol. The van der Waals surface area contributed by atoms with Crippen molar-refractivity contribution in [3.05, 3.63) is 22.7 Å². The highest BCUT2D eigenvalue weighted by atomic mass is 79.9.